The van der Waals surface area contributed by atoms with E-state index >= 15 is 0 Å². The van der Waals surface area contributed by atoms with Crippen molar-refractivity contribution in [3.05, 3.63) is 35.5 Å². The van der Waals surface area contributed by atoms with Gasteiger partial charge in [-0.05, 0) is 18.1 Å². The number of H-pyrrole nitrogens is 1. The van der Waals surface area contributed by atoms with Crippen molar-refractivity contribution in [2.24, 2.45) is 0 Å². The van der Waals surface area contributed by atoms with E-state index in [0.29, 0.717) is 5.69 Å². The molecule has 0 fully saturated rings. The fourth-order valence-electron chi connectivity index (χ4n) is 1.63. The maximum Gasteiger partial charge on any atom is 0.266 e. The molecule has 2 rings (SSSR count). The Balaban J connectivity index is 2.36. The van der Waals surface area contributed by atoms with Crippen LogP contribution in [0.5, 0.6) is 0 Å². The smallest absolute Gasteiger partial charge is 0.266 e. The number of nitrogen functional groups attached to an aromatic ring is 1. The fourth-order valence-corrected chi connectivity index (χ4v) is 2.72. The van der Waals surface area contributed by atoms with E-state index in [1.165, 1.54) is 6.07 Å². The Kier molecular flexibility index (Phi) is 3.86. The molecule has 0 radical (unpaired) electrons. The molecule has 1 aromatic carbocycles. The number of benzene rings is 1. The molecule has 6 nitrogen and oxygen atoms in total. The van der Waals surface area contributed by atoms with Gasteiger partial charge < -0.3 is 5.73 Å². The summed E-state index contributed by atoms with van der Waals surface area (Å²) in [5, 5.41) is 6.43. The molecule has 0 saturated carbocycles. The number of rotatable bonds is 4. The molecule has 0 atom stereocenters. The zero-order valence-corrected chi connectivity index (χ0v) is 12.1. The molecule has 9 heteroatoms. The minimum absolute atomic E-state index is 0.0148. The Hall–Kier alpha value is -2.16. The van der Waals surface area contributed by atoms with Crippen LogP contribution < -0.4 is 10.5 Å². The van der Waals surface area contributed by atoms with Crippen LogP contribution in [0.2, 0.25) is 0 Å². The van der Waals surface area contributed by atoms with Crippen LogP contribution in [-0.4, -0.2) is 18.6 Å². The molecular weight excluding hydrogens is 302 g/mol. The van der Waals surface area contributed by atoms with Crippen molar-refractivity contribution in [2.45, 2.75) is 24.7 Å². The number of aromatic nitrogens is 2. The van der Waals surface area contributed by atoms with Gasteiger partial charge in [0, 0.05) is 11.8 Å². The van der Waals surface area contributed by atoms with Gasteiger partial charge in [-0.15, -0.1) is 0 Å². The van der Waals surface area contributed by atoms with Gasteiger partial charge in [0.15, 0.2) is 11.6 Å². The summed E-state index contributed by atoms with van der Waals surface area (Å²) < 4.78 is 53.1. The second kappa shape index (κ2) is 5.32. The van der Waals surface area contributed by atoms with Gasteiger partial charge in [-0.2, -0.15) is 5.10 Å². The van der Waals surface area contributed by atoms with Gasteiger partial charge in [-0.25, -0.2) is 17.2 Å². The summed E-state index contributed by atoms with van der Waals surface area (Å²) in [6.07, 6.45) is 0. The van der Waals surface area contributed by atoms with E-state index in [-0.39, 0.29) is 11.7 Å². The first kappa shape index (κ1) is 15.2. The highest BCUT2D eigenvalue weighted by molar-refractivity contribution is 7.92. The van der Waals surface area contributed by atoms with Crippen LogP contribution in [0.1, 0.15) is 25.5 Å². The molecule has 0 aliphatic rings. The first-order chi connectivity index (χ1) is 9.72. The molecule has 4 N–H and O–H groups in total. The quantitative estimate of drug-likeness (QED) is 0.753. The molecule has 1 heterocycles. The SMILES string of the molecule is CC(C)c1cc(NS(=O)(=O)c2ccc(F)c(N)c2F)n[nH]1. The van der Waals surface area contributed by atoms with Gasteiger partial charge in [0.2, 0.25) is 0 Å². The van der Waals surface area contributed by atoms with Crippen molar-refractivity contribution in [3.63, 3.8) is 0 Å². The van der Waals surface area contributed by atoms with Crippen molar-refractivity contribution < 1.29 is 17.2 Å². The summed E-state index contributed by atoms with van der Waals surface area (Å²) in [5.41, 5.74) is 5.02. The fraction of sp³-hybridized carbons (Fsp3) is 0.250. The summed E-state index contributed by atoms with van der Waals surface area (Å²) >= 11 is 0. The molecule has 0 saturated heterocycles. The molecule has 2 aromatic rings. The van der Waals surface area contributed by atoms with Crippen LogP contribution in [0.15, 0.2) is 23.1 Å². The largest absolute Gasteiger partial charge is 0.394 e. The van der Waals surface area contributed by atoms with Crippen molar-refractivity contribution in [1.82, 2.24) is 10.2 Å². The lowest BCUT2D eigenvalue weighted by atomic mass is 10.1. The summed E-state index contributed by atoms with van der Waals surface area (Å²) in [4.78, 5) is -0.740. The van der Waals surface area contributed by atoms with Crippen molar-refractivity contribution in [1.29, 1.82) is 0 Å². The molecule has 21 heavy (non-hydrogen) atoms. The molecule has 0 amide bonds. The highest BCUT2D eigenvalue weighted by Gasteiger charge is 2.23. The zero-order valence-electron chi connectivity index (χ0n) is 11.3. The van der Waals surface area contributed by atoms with Gasteiger partial charge in [-0.1, -0.05) is 13.8 Å². The van der Waals surface area contributed by atoms with Gasteiger partial charge in [0.1, 0.15) is 16.4 Å². The highest BCUT2D eigenvalue weighted by atomic mass is 32.2. The summed E-state index contributed by atoms with van der Waals surface area (Å²) in [7, 11) is -4.25. The highest BCUT2D eigenvalue weighted by Crippen LogP contribution is 2.25. The Labute approximate surface area is 120 Å². The van der Waals surface area contributed by atoms with Crippen molar-refractivity contribution in [2.75, 3.05) is 10.5 Å². The summed E-state index contributed by atoms with van der Waals surface area (Å²) in [6, 6.07) is 3.09. The Morgan fingerprint density at radius 1 is 1.33 bits per heavy atom. The van der Waals surface area contributed by atoms with E-state index in [0.717, 1.165) is 12.1 Å². The standard InChI is InChI=1S/C12H14F2N4O2S/c1-6(2)8-5-10(17-16-8)18-21(19,20)9-4-3-7(13)12(15)11(9)14/h3-6H,15H2,1-2H3,(H2,16,17,18). The molecule has 0 bridgehead atoms. The number of hydrogen-bond donors (Lipinski definition) is 3. The molecule has 0 unspecified atom stereocenters. The second-order valence-electron chi connectivity index (χ2n) is 4.74. The molecule has 1 aromatic heterocycles. The number of nitrogens with zero attached hydrogens (tertiary/aromatic N) is 1. The van der Waals surface area contributed by atoms with Gasteiger partial charge in [-0.3, -0.25) is 9.82 Å². The molecular formula is C12H14F2N4O2S. The number of hydrogen-bond acceptors (Lipinski definition) is 4. The average Bonchev–Trinajstić information content (AvgIpc) is 2.83. The van der Waals surface area contributed by atoms with Crippen LogP contribution >= 0.6 is 0 Å². The average molecular weight is 316 g/mol. The number of halogens is 2. The van der Waals surface area contributed by atoms with E-state index in [4.69, 9.17) is 5.73 Å². The second-order valence-corrected chi connectivity index (χ2v) is 6.39. The normalized spacial score (nSPS) is 11.9. The lowest BCUT2D eigenvalue weighted by molar-refractivity contribution is 0.557. The predicted molar refractivity (Wildman–Crippen MR) is 74.3 cm³/mol. The van der Waals surface area contributed by atoms with Crippen LogP contribution in [0.25, 0.3) is 0 Å². The number of aromatic amines is 1. The minimum Gasteiger partial charge on any atom is -0.394 e. The zero-order chi connectivity index (χ0) is 15.8. The Morgan fingerprint density at radius 2 is 2.00 bits per heavy atom. The van der Waals surface area contributed by atoms with Crippen LogP contribution in [0, 0.1) is 11.6 Å². The van der Waals surface area contributed by atoms with E-state index in [2.05, 4.69) is 14.9 Å². The Morgan fingerprint density at radius 3 is 2.57 bits per heavy atom. The maximum absolute atomic E-state index is 13.8. The molecule has 114 valence electrons. The van der Waals surface area contributed by atoms with E-state index < -0.39 is 32.2 Å². The third kappa shape index (κ3) is 2.97. The van der Waals surface area contributed by atoms with Gasteiger partial charge in [0.05, 0.1) is 0 Å². The number of nitrogens with one attached hydrogen (secondary N) is 2. The number of anilines is 2. The number of nitrogens with two attached hydrogens (primary N) is 1. The molecule has 0 aliphatic heterocycles. The maximum atomic E-state index is 13.8. The van der Waals surface area contributed by atoms with E-state index in [9.17, 15) is 17.2 Å². The van der Waals surface area contributed by atoms with Crippen molar-refractivity contribution in [3.8, 4) is 0 Å². The third-order valence-electron chi connectivity index (χ3n) is 2.84. The lowest BCUT2D eigenvalue weighted by Crippen LogP contribution is -2.16. The van der Waals surface area contributed by atoms with Crippen molar-refractivity contribution >= 4 is 21.5 Å². The minimum atomic E-state index is -4.25. The Bertz CT molecular complexity index is 772. The predicted octanol–water partition coefficient (Wildman–Crippen LogP) is 2.19. The van der Waals surface area contributed by atoms with Gasteiger partial charge in [0.25, 0.3) is 10.0 Å². The van der Waals surface area contributed by atoms with E-state index in [1.54, 1.807) is 0 Å². The van der Waals surface area contributed by atoms with Crippen LogP contribution in [0.3, 0.4) is 0 Å². The number of sulfonamides is 1. The molecule has 0 aliphatic carbocycles. The monoisotopic (exact) mass is 316 g/mol. The first-order valence-corrected chi connectivity index (χ1v) is 7.52. The molecule has 0 spiro atoms. The van der Waals surface area contributed by atoms with Crippen LogP contribution in [-0.2, 0) is 10.0 Å². The third-order valence-corrected chi connectivity index (χ3v) is 4.21. The summed E-state index contributed by atoms with van der Waals surface area (Å²) in [5.74, 6) is -2.22. The summed E-state index contributed by atoms with van der Waals surface area (Å²) in [6.45, 7) is 3.79. The topological polar surface area (TPSA) is 101 Å². The van der Waals surface area contributed by atoms with Gasteiger partial charge >= 0.3 is 0 Å². The lowest BCUT2D eigenvalue weighted by Gasteiger charge is -2.08. The van der Waals surface area contributed by atoms with E-state index in [1.807, 2.05) is 13.8 Å². The van der Waals surface area contributed by atoms with Crippen LogP contribution in [0.4, 0.5) is 20.3 Å². The first-order valence-electron chi connectivity index (χ1n) is 6.04.